The number of aliphatic imine (C=N–C) groups is 2. The van der Waals surface area contributed by atoms with Gasteiger partial charge >= 0.3 is 0 Å². The van der Waals surface area contributed by atoms with Crippen molar-refractivity contribution in [2.45, 2.75) is 5.08 Å². The van der Waals surface area contributed by atoms with E-state index in [9.17, 15) is 0 Å². The minimum absolute atomic E-state index is 0.272. The molecule has 0 radical (unpaired) electrons. The Morgan fingerprint density at radius 2 is 1.62 bits per heavy atom. The number of nitrogens with zero attached hydrogens (tertiary/aromatic N) is 2. The van der Waals surface area contributed by atoms with Crippen LogP contribution in [0, 0.1) is 0 Å². The molecular formula is C3HBrCl2N2. The van der Waals surface area contributed by atoms with Crippen molar-refractivity contribution in [3.05, 3.63) is 0 Å². The summed E-state index contributed by atoms with van der Waals surface area (Å²) < 4.78 is 0. The smallest absolute Gasteiger partial charge is 0.198 e. The molecule has 0 bridgehead atoms. The van der Waals surface area contributed by atoms with Crippen LogP contribution in [0.3, 0.4) is 0 Å². The van der Waals surface area contributed by atoms with Crippen molar-refractivity contribution in [1.29, 1.82) is 0 Å². The van der Waals surface area contributed by atoms with Gasteiger partial charge in [0, 0.05) is 0 Å². The molecule has 0 aliphatic carbocycles. The van der Waals surface area contributed by atoms with Gasteiger partial charge in [0.2, 0.25) is 0 Å². The van der Waals surface area contributed by atoms with E-state index < -0.39 is 0 Å². The molecule has 0 aromatic carbocycles. The molecule has 0 saturated heterocycles. The van der Waals surface area contributed by atoms with E-state index in [4.69, 9.17) is 23.2 Å². The lowest BCUT2D eigenvalue weighted by Gasteiger charge is -1.82. The van der Waals surface area contributed by atoms with E-state index in [0.29, 0.717) is 0 Å². The minimum atomic E-state index is -0.275. The molecule has 44 valence electrons. The van der Waals surface area contributed by atoms with Crippen molar-refractivity contribution in [2.24, 2.45) is 9.98 Å². The van der Waals surface area contributed by atoms with Gasteiger partial charge in [0.05, 0.1) is 0 Å². The molecule has 1 rings (SSSR count). The van der Waals surface area contributed by atoms with Gasteiger partial charge in [0.1, 0.15) is 0 Å². The quantitative estimate of drug-likeness (QED) is 0.436. The van der Waals surface area contributed by atoms with Crippen LogP contribution in [0.15, 0.2) is 9.98 Å². The highest BCUT2D eigenvalue weighted by molar-refractivity contribution is 9.09. The molecular weight excluding hydrogens is 215 g/mol. The summed E-state index contributed by atoms with van der Waals surface area (Å²) in [6, 6.07) is 0. The second-order valence-corrected chi connectivity index (χ2v) is 2.69. The van der Waals surface area contributed by atoms with Crippen molar-refractivity contribution < 1.29 is 0 Å². The van der Waals surface area contributed by atoms with Gasteiger partial charge in [-0.2, -0.15) is 0 Å². The number of rotatable bonds is 0. The summed E-state index contributed by atoms with van der Waals surface area (Å²) >= 11 is 13.9. The van der Waals surface area contributed by atoms with E-state index in [-0.39, 0.29) is 15.4 Å². The number of halogens is 3. The Labute approximate surface area is 64.7 Å². The fraction of sp³-hybridized carbons (Fsp3) is 0.333. The van der Waals surface area contributed by atoms with Crippen LogP contribution in [0.2, 0.25) is 0 Å². The van der Waals surface area contributed by atoms with Crippen LogP contribution in [-0.2, 0) is 0 Å². The molecule has 0 fully saturated rings. The fourth-order valence-corrected chi connectivity index (χ4v) is 1.25. The van der Waals surface area contributed by atoms with Crippen molar-refractivity contribution in [2.75, 3.05) is 0 Å². The molecule has 8 heavy (non-hydrogen) atoms. The van der Waals surface area contributed by atoms with Gasteiger partial charge in [0.15, 0.2) is 15.4 Å². The Kier molecular flexibility index (Phi) is 1.90. The topological polar surface area (TPSA) is 24.7 Å². The van der Waals surface area contributed by atoms with E-state index in [1.165, 1.54) is 0 Å². The molecule has 0 N–H and O–H groups in total. The third-order valence-electron chi connectivity index (χ3n) is 0.610. The van der Waals surface area contributed by atoms with E-state index in [1.54, 1.807) is 0 Å². The molecule has 0 unspecified atom stereocenters. The molecule has 0 saturated carbocycles. The molecule has 1 aliphatic rings. The highest BCUT2D eigenvalue weighted by atomic mass is 79.9. The van der Waals surface area contributed by atoms with Gasteiger partial charge in [-0.3, -0.25) is 0 Å². The maximum absolute atomic E-state index is 5.41. The molecule has 1 heterocycles. The van der Waals surface area contributed by atoms with Crippen molar-refractivity contribution in [1.82, 2.24) is 0 Å². The first-order chi connectivity index (χ1) is 3.70. The first-order valence-electron chi connectivity index (χ1n) is 1.81. The third-order valence-corrected chi connectivity index (χ3v) is 1.67. The van der Waals surface area contributed by atoms with Gasteiger partial charge in [-0.05, 0) is 15.9 Å². The Morgan fingerprint density at radius 1 is 1.25 bits per heavy atom. The SMILES string of the molecule is ClC1=NC(Br)N=C1Cl. The lowest BCUT2D eigenvalue weighted by Crippen LogP contribution is -1.90. The average molecular weight is 216 g/mol. The zero-order chi connectivity index (χ0) is 6.15. The highest BCUT2D eigenvalue weighted by Gasteiger charge is 2.13. The predicted molar refractivity (Wildman–Crippen MR) is 39.3 cm³/mol. The summed E-state index contributed by atoms with van der Waals surface area (Å²) in [4.78, 5) is 7.47. The van der Waals surface area contributed by atoms with Crippen LogP contribution in [0.1, 0.15) is 0 Å². The lowest BCUT2D eigenvalue weighted by atomic mass is 10.8. The van der Waals surface area contributed by atoms with E-state index in [0.717, 1.165) is 0 Å². The maximum atomic E-state index is 5.41. The standard InChI is InChI=1S/C3HBrCl2N2/c4-3-7-1(5)2(6)8-3/h3H. The van der Waals surface area contributed by atoms with Gasteiger partial charge < -0.3 is 0 Å². The summed E-state index contributed by atoms with van der Waals surface area (Å²) in [5, 5.41) is 0.268. The monoisotopic (exact) mass is 214 g/mol. The minimum Gasteiger partial charge on any atom is -0.232 e. The Hall–Kier alpha value is 0.400. The van der Waals surface area contributed by atoms with Crippen LogP contribution in [0.4, 0.5) is 0 Å². The van der Waals surface area contributed by atoms with E-state index >= 15 is 0 Å². The molecule has 0 spiro atoms. The number of hydrogen-bond donors (Lipinski definition) is 0. The molecule has 0 amide bonds. The zero-order valence-corrected chi connectivity index (χ0v) is 6.70. The second-order valence-electron chi connectivity index (χ2n) is 1.15. The molecule has 0 aromatic rings. The molecule has 2 nitrogen and oxygen atoms in total. The molecule has 0 aromatic heterocycles. The van der Waals surface area contributed by atoms with Gasteiger partial charge in [-0.1, -0.05) is 23.2 Å². The summed E-state index contributed by atoms with van der Waals surface area (Å²) in [7, 11) is 0. The average Bonchev–Trinajstić information content (AvgIpc) is 1.85. The van der Waals surface area contributed by atoms with Crippen LogP contribution >= 0.6 is 39.1 Å². The van der Waals surface area contributed by atoms with Crippen molar-refractivity contribution in [3.8, 4) is 0 Å². The number of hydrogen-bond acceptors (Lipinski definition) is 2. The second kappa shape index (κ2) is 2.33. The number of alkyl halides is 1. The van der Waals surface area contributed by atoms with Crippen LogP contribution < -0.4 is 0 Å². The molecule has 1 aliphatic heterocycles. The van der Waals surface area contributed by atoms with Crippen LogP contribution in [0.25, 0.3) is 0 Å². The van der Waals surface area contributed by atoms with Gasteiger partial charge in [-0.25, -0.2) is 9.98 Å². The Morgan fingerprint density at radius 3 is 1.75 bits per heavy atom. The predicted octanol–water partition coefficient (Wildman–Crippen LogP) is 1.95. The fourth-order valence-electron chi connectivity index (χ4n) is 0.322. The van der Waals surface area contributed by atoms with Gasteiger partial charge in [-0.15, -0.1) is 0 Å². The Bertz CT molecular complexity index is 147. The summed E-state index contributed by atoms with van der Waals surface area (Å²) in [6.45, 7) is 0. The first kappa shape index (κ1) is 6.52. The summed E-state index contributed by atoms with van der Waals surface area (Å²) in [5.74, 6) is 0. The third kappa shape index (κ3) is 1.21. The van der Waals surface area contributed by atoms with E-state index in [2.05, 4.69) is 25.9 Å². The van der Waals surface area contributed by atoms with Crippen molar-refractivity contribution >= 4 is 49.5 Å². The largest absolute Gasteiger partial charge is 0.232 e. The highest BCUT2D eigenvalue weighted by Crippen LogP contribution is 2.14. The lowest BCUT2D eigenvalue weighted by molar-refractivity contribution is 1.04. The molecule has 0 atom stereocenters. The van der Waals surface area contributed by atoms with Crippen molar-refractivity contribution in [3.63, 3.8) is 0 Å². The first-order valence-corrected chi connectivity index (χ1v) is 3.48. The van der Waals surface area contributed by atoms with Crippen LogP contribution in [-0.4, -0.2) is 15.4 Å². The zero-order valence-electron chi connectivity index (χ0n) is 3.61. The Balaban J connectivity index is 2.82. The summed E-state index contributed by atoms with van der Waals surface area (Å²) in [6.07, 6.45) is 0. The van der Waals surface area contributed by atoms with E-state index in [1.807, 2.05) is 0 Å². The normalized spacial score (nSPS) is 20.9. The molecule has 5 heteroatoms. The maximum Gasteiger partial charge on any atom is 0.198 e. The summed E-state index contributed by atoms with van der Waals surface area (Å²) in [5.41, 5.74) is 0. The van der Waals surface area contributed by atoms with Gasteiger partial charge in [0.25, 0.3) is 0 Å². The van der Waals surface area contributed by atoms with Crippen LogP contribution in [0.5, 0.6) is 0 Å².